The van der Waals surface area contributed by atoms with Gasteiger partial charge in [-0.15, -0.1) is 0 Å². The number of nitrogens with zero attached hydrogens (tertiary/aromatic N) is 2. The van der Waals surface area contributed by atoms with Crippen molar-refractivity contribution in [2.45, 2.75) is 12.3 Å². The minimum absolute atomic E-state index is 0.0922. The highest BCUT2D eigenvalue weighted by atomic mass is 16.3. The first-order valence-electron chi connectivity index (χ1n) is 21.1. The van der Waals surface area contributed by atoms with Crippen molar-refractivity contribution in [1.29, 1.82) is 0 Å². The molecule has 1 aliphatic carbocycles. The maximum absolute atomic E-state index is 6.80. The van der Waals surface area contributed by atoms with E-state index in [-0.39, 0.29) is 5.92 Å². The highest BCUT2D eigenvalue weighted by Crippen LogP contribution is 2.44. The number of furan rings is 1. The van der Waals surface area contributed by atoms with Crippen LogP contribution in [0.4, 0.5) is 11.4 Å². The number of allylic oxidation sites excluding steroid dienone is 3. The van der Waals surface area contributed by atoms with Crippen molar-refractivity contribution < 1.29 is 4.42 Å². The van der Waals surface area contributed by atoms with Gasteiger partial charge in [0.15, 0.2) is 0 Å². The van der Waals surface area contributed by atoms with Crippen LogP contribution in [0, 0.1) is 0 Å². The molecule has 0 N–H and O–H groups in total. The number of fused-ring (bicyclic) bond motifs is 7. The summed E-state index contributed by atoms with van der Waals surface area (Å²) >= 11 is 0. The standard InChI is InChI=1S/C58H40N2O/c1-3-14-39(15-4-1)41-26-31-45(32-27-41)59(54-24-13-19-42-18-7-8-20-48(42)54)46-33-28-43(29-34-46)52-37-47(38-53-51-22-10-12-25-57(51)61-58(52)53)60-55-23-11-9-21-49(55)50-35-30-44(36-56(50)60)40-16-5-2-6-17-40/h1-28,30-38,43H,29H2. The Morgan fingerprint density at radius 3 is 1.90 bits per heavy atom. The Balaban J connectivity index is 1.00. The van der Waals surface area contributed by atoms with Crippen LogP contribution < -0.4 is 4.90 Å². The third-order valence-corrected chi connectivity index (χ3v) is 12.5. The van der Waals surface area contributed by atoms with E-state index >= 15 is 0 Å². The van der Waals surface area contributed by atoms with Crippen molar-refractivity contribution in [1.82, 2.24) is 4.57 Å². The lowest BCUT2D eigenvalue weighted by atomic mass is 9.89. The van der Waals surface area contributed by atoms with Crippen LogP contribution in [-0.4, -0.2) is 4.57 Å². The number of para-hydroxylation sites is 2. The fourth-order valence-electron chi connectivity index (χ4n) is 9.57. The molecule has 9 aromatic carbocycles. The quantitative estimate of drug-likeness (QED) is 0.161. The van der Waals surface area contributed by atoms with Gasteiger partial charge >= 0.3 is 0 Å². The third kappa shape index (κ3) is 5.97. The largest absolute Gasteiger partial charge is 0.456 e. The van der Waals surface area contributed by atoms with E-state index in [1.165, 1.54) is 60.4 Å². The van der Waals surface area contributed by atoms with E-state index in [1.807, 2.05) is 0 Å². The molecule has 288 valence electrons. The van der Waals surface area contributed by atoms with E-state index in [1.54, 1.807) is 0 Å². The maximum Gasteiger partial charge on any atom is 0.139 e. The third-order valence-electron chi connectivity index (χ3n) is 12.5. The van der Waals surface area contributed by atoms with Gasteiger partial charge in [-0.25, -0.2) is 0 Å². The summed E-state index contributed by atoms with van der Waals surface area (Å²) in [7, 11) is 0. The second-order valence-corrected chi connectivity index (χ2v) is 16.0. The van der Waals surface area contributed by atoms with Crippen LogP contribution in [-0.2, 0) is 0 Å². The minimum atomic E-state index is 0.0922. The number of benzene rings is 9. The Labute approximate surface area is 354 Å². The zero-order chi connectivity index (χ0) is 40.3. The Morgan fingerprint density at radius 1 is 0.475 bits per heavy atom. The molecule has 11 aromatic rings. The summed E-state index contributed by atoms with van der Waals surface area (Å²) in [6, 6.07) is 74.4. The smallest absolute Gasteiger partial charge is 0.139 e. The molecule has 61 heavy (non-hydrogen) atoms. The first-order valence-corrected chi connectivity index (χ1v) is 21.1. The molecule has 1 unspecified atom stereocenters. The summed E-state index contributed by atoms with van der Waals surface area (Å²) < 4.78 is 9.25. The van der Waals surface area contributed by atoms with E-state index in [9.17, 15) is 0 Å². The molecule has 12 rings (SSSR count). The number of anilines is 2. The Bertz CT molecular complexity index is 3490. The topological polar surface area (TPSA) is 21.3 Å². The van der Waals surface area contributed by atoms with Gasteiger partial charge in [0.2, 0.25) is 0 Å². The highest BCUT2D eigenvalue weighted by Gasteiger charge is 2.24. The fraction of sp³-hybridized carbons (Fsp3) is 0.0345. The Hall–Kier alpha value is -7.88. The number of rotatable bonds is 7. The SMILES string of the molecule is C1=CC(c2cc(-n3c4ccccc4c4ccc(-c5ccccc5)cc43)cc3c2oc2ccccc23)CC=C1N(c1ccc(-c2ccccc2)cc1)c1cccc2ccccc12. The van der Waals surface area contributed by atoms with E-state index in [4.69, 9.17) is 4.42 Å². The van der Waals surface area contributed by atoms with Crippen molar-refractivity contribution in [2.24, 2.45) is 0 Å². The molecular weight excluding hydrogens is 741 g/mol. The molecule has 0 radical (unpaired) electrons. The molecule has 0 bridgehead atoms. The molecule has 3 heteroatoms. The molecule has 0 aliphatic heterocycles. The summed E-state index contributed by atoms with van der Waals surface area (Å²) in [5, 5.41) is 7.17. The van der Waals surface area contributed by atoms with Gasteiger partial charge in [-0.05, 0) is 88.7 Å². The molecule has 0 saturated heterocycles. The lowest BCUT2D eigenvalue weighted by Crippen LogP contribution is -2.17. The van der Waals surface area contributed by atoms with E-state index in [0.717, 1.165) is 51.1 Å². The second-order valence-electron chi connectivity index (χ2n) is 16.0. The lowest BCUT2D eigenvalue weighted by molar-refractivity contribution is 0.657. The summed E-state index contributed by atoms with van der Waals surface area (Å²) in [5.41, 5.74) is 14.8. The van der Waals surface area contributed by atoms with Gasteiger partial charge in [-0.1, -0.05) is 170 Å². The van der Waals surface area contributed by atoms with Crippen LogP contribution in [0.5, 0.6) is 0 Å². The van der Waals surface area contributed by atoms with Gasteiger partial charge in [0, 0.05) is 55.5 Å². The van der Waals surface area contributed by atoms with Crippen LogP contribution in [0.15, 0.2) is 235 Å². The van der Waals surface area contributed by atoms with Gasteiger partial charge in [-0.2, -0.15) is 0 Å². The molecule has 1 aliphatic rings. The zero-order valence-electron chi connectivity index (χ0n) is 33.4. The molecule has 2 heterocycles. The summed E-state index contributed by atoms with van der Waals surface area (Å²) in [5.74, 6) is 0.0922. The first-order chi connectivity index (χ1) is 30.2. The highest BCUT2D eigenvalue weighted by molar-refractivity contribution is 6.12. The lowest BCUT2D eigenvalue weighted by Gasteiger charge is -2.30. The van der Waals surface area contributed by atoms with Crippen molar-refractivity contribution in [3.63, 3.8) is 0 Å². The van der Waals surface area contributed by atoms with E-state index in [0.29, 0.717) is 0 Å². The second kappa shape index (κ2) is 14.4. The predicted molar refractivity (Wildman–Crippen MR) is 256 cm³/mol. The normalized spacial score (nSPS) is 14.0. The van der Waals surface area contributed by atoms with E-state index in [2.05, 4.69) is 234 Å². The van der Waals surface area contributed by atoms with Gasteiger partial charge in [-0.3, -0.25) is 0 Å². The summed E-state index contributed by atoms with van der Waals surface area (Å²) in [6.45, 7) is 0. The molecule has 2 aromatic heterocycles. The average molecular weight is 781 g/mol. The van der Waals surface area contributed by atoms with Crippen molar-refractivity contribution >= 4 is 65.9 Å². The molecule has 0 spiro atoms. The van der Waals surface area contributed by atoms with Crippen LogP contribution in [0.3, 0.4) is 0 Å². The first kappa shape index (κ1) is 35.1. The molecule has 1 atom stereocenters. The van der Waals surface area contributed by atoms with Crippen LogP contribution >= 0.6 is 0 Å². The van der Waals surface area contributed by atoms with Crippen LogP contribution in [0.25, 0.3) is 82.5 Å². The monoisotopic (exact) mass is 780 g/mol. The van der Waals surface area contributed by atoms with Gasteiger partial charge < -0.3 is 13.9 Å². The molecule has 0 fully saturated rings. The Kier molecular flexibility index (Phi) is 8.31. The van der Waals surface area contributed by atoms with E-state index < -0.39 is 0 Å². The van der Waals surface area contributed by atoms with Crippen molar-refractivity contribution in [3.05, 3.63) is 236 Å². The predicted octanol–water partition coefficient (Wildman–Crippen LogP) is 15.9. The molecule has 0 amide bonds. The van der Waals surface area contributed by atoms with Gasteiger partial charge in [0.1, 0.15) is 11.2 Å². The zero-order valence-corrected chi connectivity index (χ0v) is 33.4. The molecule has 0 saturated carbocycles. The average Bonchev–Trinajstić information content (AvgIpc) is 3.88. The van der Waals surface area contributed by atoms with Gasteiger partial charge in [0.05, 0.1) is 16.7 Å². The Morgan fingerprint density at radius 2 is 1.11 bits per heavy atom. The summed E-state index contributed by atoms with van der Waals surface area (Å²) in [6.07, 6.45) is 7.92. The van der Waals surface area contributed by atoms with Gasteiger partial charge in [0.25, 0.3) is 0 Å². The van der Waals surface area contributed by atoms with Crippen molar-refractivity contribution in [2.75, 3.05) is 4.90 Å². The molecular formula is C58H40N2O. The number of aromatic nitrogens is 1. The fourth-order valence-corrected chi connectivity index (χ4v) is 9.57. The molecule has 3 nitrogen and oxygen atoms in total. The summed E-state index contributed by atoms with van der Waals surface area (Å²) in [4.78, 5) is 2.42. The van der Waals surface area contributed by atoms with Crippen molar-refractivity contribution in [3.8, 4) is 27.9 Å². The van der Waals surface area contributed by atoms with Crippen LogP contribution in [0.2, 0.25) is 0 Å². The minimum Gasteiger partial charge on any atom is -0.456 e. The maximum atomic E-state index is 6.80. The number of hydrogen-bond donors (Lipinski definition) is 0. The van der Waals surface area contributed by atoms with Crippen LogP contribution in [0.1, 0.15) is 17.9 Å². The number of hydrogen-bond acceptors (Lipinski definition) is 2.